The third-order valence-electron chi connectivity index (χ3n) is 5.65. The van der Waals surface area contributed by atoms with Gasteiger partial charge < -0.3 is 4.85 Å². The van der Waals surface area contributed by atoms with Crippen LogP contribution in [0.15, 0.2) is 61.1 Å². The van der Waals surface area contributed by atoms with Crippen molar-refractivity contribution in [2.24, 2.45) is 5.41 Å². The number of halogens is 2. The first-order chi connectivity index (χ1) is 14.6. The number of nitrogens with zero attached hydrogens (tertiary/aromatic N) is 5. The molecule has 0 spiro atoms. The number of benzene rings is 1. The fourth-order valence-corrected chi connectivity index (χ4v) is 3.70. The van der Waals surface area contributed by atoms with Crippen molar-refractivity contribution in [2.45, 2.75) is 25.8 Å². The molecule has 1 aliphatic rings. The Balaban J connectivity index is 1.57. The first kappa shape index (κ1) is 18.4. The molecular formula is C23H17F2N5. The van der Waals surface area contributed by atoms with Crippen molar-refractivity contribution in [3.8, 4) is 22.4 Å². The van der Waals surface area contributed by atoms with Crippen molar-refractivity contribution >= 4 is 16.7 Å². The van der Waals surface area contributed by atoms with Gasteiger partial charge in [0, 0.05) is 34.5 Å². The van der Waals surface area contributed by atoms with E-state index in [0.717, 1.165) is 27.6 Å². The van der Waals surface area contributed by atoms with Crippen LogP contribution in [0.25, 0.3) is 38.1 Å². The Kier molecular flexibility index (Phi) is 4.28. The third-order valence-corrected chi connectivity index (χ3v) is 5.65. The predicted molar refractivity (Wildman–Crippen MR) is 110 cm³/mol. The molecule has 0 amide bonds. The molecule has 5 nitrogen and oxygen atoms in total. The molecule has 30 heavy (non-hydrogen) atoms. The topological polar surface area (TPSA) is 48.0 Å². The number of hydrogen-bond donors (Lipinski definition) is 0. The zero-order chi connectivity index (χ0) is 20.7. The maximum atomic E-state index is 13.3. The molecule has 0 radical (unpaired) electrons. The summed E-state index contributed by atoms with van der Waals surface area (Å²) in [4.78, 5) is 12.4. The highest BCUT2D eigenvalue weighted by Crippen LogP contribution is 2.52. The number of fused-ring (bicyclic) bond motifs is 1. The molecule has 0 unspecified atom stereocenters. The molecule has 0 saturated heterocycles. The van der Waals surface area contributed by atoms with Crippen molar-refractivity contribution in [1.29, 1.82) is 0 Å². The lowest BCUT2D eigenvalue weighted by atomic mass is 10.0. The van der Waals surface area contributed by atoms with Gasteiger partial charge in [0.2, 0.25) is 6.43 Å². The second-order valence-electron chi connectivity index (χ2n) is 7.68. The normalized spacial score (nSPS) is 14.7. The molecule has 0 bridgehead atoms. The molecule has 3 aromatic heterocycles. The van der Waals surface area contributed by atoms with E-state index in [1.54, 1.807) is 29.3 Å². The van der Waals surface area contributed by atoms with Crippen LogP contribution in [-0.4, -0.2) is 26.2 Å². The van der Waals surface area contributed by atoms with Gasteiger partial charge in [0.05, 0.1) is 23.7 Å². The van der Waals surface area contributed by atoms with Gasteiger partial charge in [0.25, 0.3) is 5.82 Å². The van der Waals surface area contributed by atoms with Gasteiger partial charge in [-0.25, -0.2) is 8.78 Å². The van der Waals surface area contributed by atoms with Gasteiger partial charge in [-0.3, -0.25) is 9.67 Å². The fourth-order valence-electron chi connectivity index (χ4n) is 3.70. The molecule has 0 atom stereocenters. The van der Waals surface area contributed by atoms with Gasteiger partial charge in [-0.05, 0) is 37.1 Å². The van der Waals surface area contributed by atoms with Crippen LogP contribution in [0.3, 0.4) is 0 Å². The maximum absolute atomic E-state index is 13.3. The lowest BCUT2D eigenvalue weighted by molar-refractivity contribution is 0.0491. The van der Waals surface area contributed by atoms with Crippen LogP contribution in [0.4, 0.5) is 14.6 Å². The smallest absolute Gasteiger partial charge is 0.270 e. The average molecular weight is 401 g/mol. The zero-order valence-electron chi connectivity index (χ0n) is 16.0. The Labute approximate surface area is 171 Å². The van der Waals surface area contributed by atoms with Crippen molar-refractivity contribution in [3.63, 3.8) is 0 Å². The molecule has 7 heteroatoms. The highest BCUT2D eigenvalue weighted by atomic mass is 19.3. The number of hydrogen-bond acceptors (Lipinski definition) is 3. The molecule has 0 aliphatic heterocycles. The first-order valence-corrected chi connectivity index (χ1v) is 9.63. The molecule has 0 N–H and O–H groups in total. The number of pyridine rings is 2. The minimum Gasteiger partial charge on any atom is -0.361 e. The van der Waals surface area contributed by atoms with Crippen LogP contribution >= 0.6 is 0 Å². The van der Waals surface area contributed by atoms with E-state index in [4.69, 9.17) is 6.57 Å². The fraction of sp³-hybridized carbons (Fsp3) is 0.217. The van der Waals surface area contributed by atoms with Gasteiger partial charge >= 0.3 is 0 Å². The molecule has 5 rings (SSSR count). The van der Waals surface area contributed by atoms with Gasteiger partial charge in [-0.2, -0.15) is 5.10 Å². The summed E-state index contributed by atoms with van der Waals surface area (Å²) >= 11 is 0. The zero-order valence-corrected chi connectivity index (χ0v) is 16.0. The van der Waals surface area contributed by atoms with E-state index in [9.17, 15) is 8.78 Å². The SMILES string of the molecule is [C-]#[N+]c1ccc(-c2cnn(CC3(C(F)F)CC3)c2)c(-c2ccc3cccnc3c2)n1. The molecule has 1 aromatic carbocycles. The maximum Gasteiger partial charge on any atom is 0.270 e. The summed E-state index contributed by atoms with van der Waals surface area (Å²) in [6.07, 6.45) is 3.88. The Morgan fingerprint density at radius 1 is 1.13 bits per heavy atom. The Morgan fingerprint density at radius 2 is 2.00 bits per heavy atom. The minimum absolute atomic E-state index is 0.202. The summed E-state index contributed by atoms with van der Waals surface area (Å²) in [5, 5.41) is 5.32. The van der Waals surface area contributed by atoms with Gasteiger partial charge in [-0.1, -0.05) is 24.8 Å². The summed E-state index contributed by atoms with van der Waals surface area (Å²) < 4.78 is 28.2. The standard InChI is InChI=1S/C23H17F2N5/c1-26-20-7-6-18(17-12-28-30(13-17)14-23(8-9-23)22(24)25)21(29-20)16-5-4-15-3-2-10-27-19(15)11-16/h2-7,10-13,22H,8-9,14H2. The van der Waals surface area contributed by atoms with Crippen LogP contribution in [0, 0.1) is 12.0 Å². The average Bonchev–Trinajstić information content (AvgIpc) is 3.42. The molecular weight excluding hydrogens is 384 g/mol. The largest absolute Gasteiger partial charge is 0.361 e. The van der Waals surface area contributed by atoms with Crippen LogP contribution in [0.1, 0.15) is 12.8 Å². The van der Waals surface area contributed by atoms with E-state index < -0.39 is 11.8 Å². The lowest BCUT2D eigenvalue weighted by Gasteiger charge is -2.13. The Hall–Kier alpha value is -3.66. The second kappa shape index (κ2) is 6.99. The van der Waals surface area contributed by atoms with Crippen molar-refractivity contribution in [3.05, 3.63) is 72.5 Å². The van der Waals surface area contributed by atoms with Crippen molar-refractivity contribution in [2.75, 3.05) is 0 Å². The quantitative estimate of drug-likeness (QED) is 0.400. The number of rotatable bonds is 5. The van der Waals surface area contributed by atoms with Gasteiger partial charge in [0.1, 0.15) is 0 Å². The van der Waals surface area contributed by atoms with E-state index >= 15 is 0 Å². The Bertz CT molecular complexity index is 1280. The number of alkyl halides is 2. The summed E-state index contributed by atoms with van der Waals surface area (Å²) in [7, 11) is 0. The van der Waals surface area contributed by atoms with E-state index in [-0.39, 0.29) is 12.4 Å². The van der Waals surface area contributed by atoms with E-state index in [1.165, 1.54) is 0 Å². The Morgan fingerprint density at radius 3 is 2.77 bits per heavy atom. The number of aromatic nitrogens is 4. The van der Waals surface area contributed by atoms with Gasteiger partial charge in [0.15, 0.2) is 5.69 Å². The second-order valence-corrected chi connectivity index (χ2v) is 7.68. The van der Waals surface area contributed by atoms with Crippen molar-refractivity contribution < 1.29 is 8.78 Å². The van der Waals surface area contributed by atoms with Crippen LogP contribution < -0.4 is 0 Å². The molecule has 1 saturated carbocycles. The van der Waals surface area contributed by atoms with Gasteiger partial charge in [-0.15, -0.1) is 4.98 Å². The van der Waals surface area contributed by atoms with Crippen LogP contribution in [0.5, 0.6) is 0 Å². The highest BCUT2D eigenvalue weighted by molar-refractivity contribution is 5.88. The van der Waals surface area contributed by atoms with E-state index in [1.807, 2.05) is 36.4 Å². The molecule has 1 aliphatic carbocycles. The first-order valence-electron chi connectivity index (χ1n) is 9.63. The molecule has 1 fully saturated rings. The van der Waals surface area contributed by atoms with Crippen molar-refractivity contribution in [1.82, 2.24) is 19.7 Å². The van der Waals surface area contributed by atoms with E-state index in [0.29, 0.717) is 18.5 Å². The molecule has 3 heterocycles. The summed E-state index contributed by atoms with van der Waals surface area (Å²) in [6.45, 7) is 7.52. The van der Waals surface area contributed by atoms with E-state index in [2.05, 4.69) is 19.9 Å². The lowest BCUT2D eigenvalue weighted by Crippen LogP contribution is -2.19. The predicted octanol–water partition coefficient (Wildman–Crippen LogP) is 5.76. The summed E-state index contributed by atoms with van der Waals surface area (Å²) in [5.74, 6) is 0.289. The summed E-state index contributed by atoms with van der Waals surface area (Å²) in [6, 6.07) is 13.2. The summed E-state index contributed by atoms with van der Waals surface area (Å²) in [5.41, 5.74) is 2.94. The molecule has 148 valence electrons. The highest BCUT2D eigenvalue weighted by Gasteiger charge is 2.51. The van der Waals surface area contributed by atoms with Crippen LogP contribution in [-0.2, 0) is 6.54 Å². The molecule has 4 aromatic rings. The monoisotopic (exact) mass is 401 g/mol. The van der Waals surface area contributed by atoms with Crippen LogP contribution in [0.2, 0.25) is 0 Å². The minimum atomic E-state index is -2.34. The third kappa shape index (κ3) is 3.20.